The molecule has 2 aromatic rings. The molecule has 0 fully saturated rings. The van der Waals surface area contributed by atoms with Gasteiger partial charge < -0.3 is 14.3 Å². The number of hydrogen-bond acceptors (Lipinski definition) is 5. The lowest BCUT2D eigenvalue weighted by Gasteiger charge is -2.10. The fraction of sp³-hybridized carbons (Fsp3) is 0.375. The quantitative estimate of drug-likeness (QED) is 0.732. The molecule has 0 aliphatic heterocycles. The monoisotopic (exact) mass is 339 g/mol. The van der Waals surface area contributed by atoms with E-state index in [9.17, 15) is 13.5 Å². The molecule has 0 aliphatic carbocycles. The fourth-order valence-corrected chi connectivity index (χ4v) is 3.02. The maximum absolute atomic E-state index is 12.2. The highest BCUT2D eigenvalue weighted by Gasteiger charge is 2.16. The van der Waals surface area contributed by atoms with Crippen LogP contribution in [0, 0.1) is 0 Å². The number of aliphatic hydroxyl groups is 1. The Labute approximate surface area is 136 Å². The van der Waals surface area contributed by atoms with E-state index in [4.69, 9.17) is 9.15 Å². The van der Waals surface area contributed by atoms with Crippen molar-refractivity contribution in [1.29, 1.82) is 0 Å². The number of ether oxygens (including phenoxy) is 1. The molecule has 7 heteroatoms. The third kappa shape index (κ3) is 5.09. The Bertz CT molecular complexity index is 680. The highest BCUT2D eigenvalue weighted by molar-refractivity contribution is 7.89. The van der Waals surface area contributed by atoms with Crippen molar-refractivity contribution in [2.24, 2.45) is 0 Å². The van der Waals surface area contributed by atoms with Crippen molar-refractivity contribution in [2.75, 3.05) is 13.2 Å². The molecule has 0 aliphatic rings. The number of nitrogens with one attached hydrogen (secondary N) is 1. The van der Waals surface area contributed by atoms with E-state index in [0.29, 0.717) is 18.1 Å². The van der Waals surface area contributed by atoms with Crippen molar-refractivity contribution >= 4 is 10.0 Å². The van der Waals surface area contributed by atoms with Gasteiger partial charge in [0, 0.05) is 6.54 Å². The summed E-state index contributed by atoms with van der Waals surface area (Å²) in [7, 11) is -3.61. The first kappa shape index (κ1) is 17.5. The Morgan fingerprint density at radius 1 is 1.26 bits per heavy atom. The molecule has 0 spiro atoms. The Morgan fingerprint density at radius 2 is 2.00 bits per heavy atom. The molecule has 0 radical (unpaired) electrons. The van der Waals surface area contributed by atoms with E-state index in [1.54, 1.807) is 24.3 Å². The van der Waals surface area contributed by atoms with Crippen LogP contribution < -0.4 is 9.46 Å². The zero-order valence-corrected chi connectivity index (χ0v) is 13.8. The van der Waals surface area contributed by atoms with Crippen molar-refractivity contribution in [1.82, 2.24) is 4.72 Å². The molecule has 1 aromatic heterocycles. The van der Waals surface area contributed by atoms with Gasteiger partial charge in [-0.05, 0) is 49.2 Å². The average molecular weight is 339 g/mol. The molecule has 1 aromatic carbocycles. The molecule has 0 saturated carbocycles. The van der Waals surface area contributed by atoms with Crippen LogP contribution in [-0.2, 0) is 10.0 Å². The van der Waals surface area contributed by atoms with Gasteiger partial charge in [0.1, 0.15) is 17.6 Å². The first-order valence-corrected chi connectivity index (χ1v) is 8.95. The predicted molar refractivity (Wildman–Crippen MR) is 85.7 cm³/mol. The number of rotatable bonds is 9. The summed E-state index contributed by atoms with van der Waals surface area (Å²) in [5, 5.41) is 9.85. The van der Waals surface area contributed by atoms with Gasteiger partial charge >= 0.3 is 0 Å². The maximum atomic E-state index is 12.2. The van der Waals surface area contributed by atoms with Crippen LogP contribution in [0.15, 0.2) is 52.0 Å². The molecule has 0 amide bonds. The van der Waals surface area contributed by atoms with Crippen LogP contribution in [-0.4, -0.2) is 26.7 Å². The van der Waals surface area contributed by atoms with Gasteiger partial charge in [0.2, 0.25) is 10.0 Å². The van der Waals surface area contributed by atoms with Crippen LogP contribution in [0.2, 0.25) is 0 Å². The summed E-state index contributed by atoms with van der Waals surface area (Å²) in [6, 6.07) is 9.56. The van der Waals surface area contributed by atoms with Gasteiger partial charge in [0.15, 0.2) is 0 Å². The van der Waals surface area contributed by atoms with Crippen LogP contribution in [0.25, 0.3) is 0 Å². The van der Waals surface area contributed by atoms with Crippen LogP contribution in [0.5, 0.6) is 5.75 Å². The van der Waals surface area contributed by atoms with Crippen molar-refractivity contribution < 1.29 is 22.7 Å². The summed E-state index contributed by atoms with van der Waals surface area (Å²) in [5.41, 5.74) is 0. The summed E-state index contributed by atoms with van der Waals surface area (Å²) in [5.74, 6) is 1.06. The Morgan fingerprint density at radius 3 is 2.61 bits per heavy atom. The normalized spacial score (nSPS) is 13.0. The lowest BCUT2D eigenvalue weighted by Crippen LogP contribution is -2.25. The number of aliphatic hydroxyl groups excluding tert-OH is 1. The SMILES string of the molecule is CCCOc1ccc(S(=O)(=O)NCCC(O)c2ccco2)cc1. The van der Waals surface area contributed by atoms with Gasteiger partial charge in [-0.15, -0.1) is 0 Å². The molecule has 23 heavy (non-hydrogen) atoms. The highest BCUT2D eigenvalue weighted by atomic mass is 32.2. The summed E-state index contributed by atoms with van der Waals surface area (Å²) in [4.78, 5) is 0.161. The van der Waals surface area contributed by atoms with E-state index in [1.165, 1.54) is 18.4 Å². The maximum Gasteiger partial charge on any atom is 0.240 e. The Hall–Kier alpha value is -1.83. The average Bonchev–Trinajstić information content (AvgIpc) is 3.07. The Balaban J connectivity index is 1.88. The van der Waals surface area contributed by atoms with E-state index in [-0.39, 0.29) is 17.9 Å². The number of benzene rings is 1. The van der Waals surface area contributed by atoms with E-state index in [0.717, 1.165) is 6.42 Å². The van der Waals surface area contributed by atoms with Crippen LogP contribution >= 0.6 is 0 Å². The third-order valence-corrected chi connectivity index (χ3v) is 4.67. The van der Waals surface area contributed by atoms with Gasteiger partial charge in [-0.2, -0.15) is 0 Å². The summed E-state index contributed by atoms with van der Waals surface area (Å²) < 4.78 is 37.3. The first-order valence-electron chi connectivity index (χ1n) is 7.47. The van der Waals surface area contributed by atoms with Gasteiger partial charge in [0.05, 0.1) is 17.8 Å². The van der Waals surface area contributed by atoms with Crippen molar-refractivity contribution in [3.8, 4) is 5.75 Å². The number of sulfonamides is 1. The second kappa shape index (κ2) is 8.14. The summed E-state index contributed by atoms with van der Waals surface area (Å²) >= 11 is 0. The van der Waals surface area contributed by atoms with Crippen molar-refractivity contribution in [3.05, 3.63) is 48.4 Å². The molecule has 126 valence electrons. The third-order valence-electron chi connectivity index (χ3n) is 3.19. The lowest BCUT2D eigenvalue weighted by atomic mass is 10.2. The second-order valence-corrected chi connectivity index (χ2v) is 6.80. The largest absolute Gasteiger partial charge is 0.494 e. The minimum Gasteiger partial charge on any atom is -0.494 e. The van der Waals surface area contributed by atoms with Crippen LogP contribution in [0.4, 0.5) is 0 Å². The molecule has 1 heterocycles. The summed E-state index contributed by atoms with van der Waals surface area (Å²) in [6.45, 7) is 2.70. The molecule has 2 N–H and O–H groups in total. The van der Waals surface area contributed by atoms with Crippen molar-refractivity contribution in [3.63, 3.8) is 0 Å². The summed E-state index contributed by atoms with van der Waals surface area (Å²) in [6.07, 6.45) is 1.74. The first-order chi connectivity index (χ1) is 11.0. The van der Waals surface area contributed by atoms with E-state index in [1.807, 2.05) is 6.92 Å². The van der Waals surface area contributed by atoms with E-state index < -0.39 is 16.1 Å². The molecule has 0 bridgehead atoms. The zero-order chi connectivity index (χ0) is 16.7. The van der Waals surface area contributed by atoms with Gasteiger partial charge in [0.25, 0.3) is 0 Å². The number of hydrogen-bond donors (Lipinski definition) is 2. The standard InChI is InChI=1S/C16H21NO5S/c1-2-11-21-13-5-7-14(8-6-13)23(19,20)17-10-9-15(18)16-4-3-12-22-16/h3-8,12,15,17-18H,2,9-11H2,1H3. The predicted octanol–water partition coefficient (Wildman–Crippen LogP) is 2.47. The lowest BCUT2D eigenvalue weighted by molar-refractivity contribution is 0.142. The van der Waals surface area contributed by atoms with Crippen molar-refractivity contribution in [2.45, 2.75) is 30.8 Å². The smallest absolute Gasteiger partial charge is 0.240 e. The molecule has 1 atom stereocenters. The van der Waals surface area contributed by atoms with Crippen LogP contribution in [0.3, 0.4) is 0 Å². The second-order valence-electron chi connectivity index (χ2n) is 5.04. The zero-order valence-electron chi connectivity index (χ0n) is 12.9. The molecular weight excluding hydrogens is 318 g/mol. The number of furan rings is 1. The van der Waals surface area contributed by atoms with Gasteiger partial charge in [-0.3, -0.25) is 0 Å². The Kier molecular flexibility index (Phi) is 6.20. The van der Waals surface area contributed by atoms with E-state index >= 15 is 0 Å². The minimum absolute atomic E-state index is 0.109. The fourth-order valence-electron chi connectivity index (χ4n) is 1.97. The molecule has 1 unspecified atom stereocenters. The molecule has 0 saturated heterocycles. The van der Waals surface area contributed by atoms with Gasteiger partial charge in [-0.25, -0.2) is 13.1 Å². The molecule has 6 nitrogen and oxygen atoms in total. The topological polar surface area (TPSA) is 88.8 Å². The van der Waals surface area contributed by atoms with Crippen LogP contribution in [0.1, 0.15) is 31.6 Å². The highest BCUT2D eigenvalue weighted by Crippen LogP contribution is 2.18. The molecule has 2 rings (SSSR count). The minimum atomic E-state index is -3.61. The van der Waals surface area contributed by atoms with Gasteiger partial charge in [-0.1, -0.05) is 6.92 Å². The van der Waals surface area contributed by atoms with E-state index in [2.05, 4.69) is 4.72 Å². The molecular formula is C16H21NO5S.